The highest BCUT2D eigenvalue weighted by Gasteiger charge is 2.61. The second kappa shape index (κ2) is 6.66. The fraction of sp³-hybridized carbons (Fsp3) is 1.00. The fourth-order valence-electron chi connectivity index (χ4n) is 3.39. The van der Waals surface area contributed by atoms with E-state index >= 15 is 0 Å². The van der Waals surface area contributed by atoms with E-state index in [4.69, 9.17) is 23.2 Å². The molecule has 2 fully saturated rings. The minimum atomic E-state index is -0.361. The summed E-state index contributed by atoms with van der Waals surface area (Å²) >= 11 is 12.8. The number of hydrogen-bond donors (Lipinski definition) is 0. The van der Waals surface area contributed by atoms with Crippen molar-refractivity contribution in [2.45, 2.75) is 81.4 Å². The molecule has 0 aromatic rings. The Morgan fingerprint density at radius 3 is 1.18 bits per heavy atom. The molecule has 2 aliphatic rings. The number of hydrogen-bond acceptors (Lipinski definition) is 0. The van der Waals surface area contributed by atoms with Crippen molar-refractivity contribution in [3.8, 4) is 0 Å². The van der Waals surface area contributed by atoms with Gasteiger partial charge in [0.15, 0.2) is 0 Å². The molecular formula is C15H26Cl2. The SMILES string of the molecule is ClC1(Cl)C2CCCCCCCCCCCCC21. The van der Waals surface area contributed by atoms with Gasteiger partial charge in [0.2, 0.25) is 0 Å². The smallest absolute Gasteiger partial charge is 0.101 e. The second-order valence-electron chi connectivity index (χ2n) is 6.00. The molecule has 2 rings (SSSR count). The van der Waals surface area contributed by atoms with E-state index in [0.717, 1.165) is 0 Å². The van der Waals surface area contributed by atoms with E-state index in [0.29, 0.717) is 11.8 Å². The summed E-state index contributed by atoms with van der Waals surface area (Å²) in [5.74, 6) is 1.21. The van der Waals surface area contributed by atoms with E-state index in [1.54, 1.807) is 0 Å². The Morgan fingerprint density at radius 2 is 0.824 bits per heavy atom. The number of alkyl halides is 2. The van der Waals surface area contributed by atoms with Crippen molar-refractivity contribution in [3.63, 3.8) is 0 Å². The normalized spacial score (nSPS) is 35.6. The molecule has 2 aliphatic carbocycles. The molecule has 0 aromatic heterocycles. The molecular weight excluding hydrogens is 251 g/mol. The van der Waals surface area contributed by atoms with Crippen molar-refractivity contribution in [1.82, 2.24) is 0 Å². The van der Waals surface area contributed by atoms with E-state index in [9.17, 15) is 0 Å². The van der Waals surface area contributed by atoms with Crippen LogP contribution in [0.15, 0.2) is 0 Å². The lowest BCUT2D eigenvalue weighted by molar-refractivity contribution is 0.493. The Bertz CT molecular complexity index is 203. The van der Waals surface area contributed by atoms with Crippen LogP contribution in [0.25, 0.3) is 0 Å². The Kier molecular flexibility index (Phi) is 5.49. The summed E-state index contributed by atoms with van der Waals surface area (Å²) in [5, 5.41) is 0. The van der Waals surface area contributed by atoms with Gasteiger partial charge in [-0.2, -0.15) is 0 Å². The van der Waals surface area contributed by atoms with Gasteiger partial charge in [0.05, 0.1) is 0 Å². The van der Waals surface area contributed by atoms with Crippen molar-refractivity contribution >= 4 is 23.2 Å². The summed E-state index contributed by atoms with van der Waals surface area (Å²) in [6, 6.07) is 0. The van der Waals surface area contributed by atoms with Crippen molar-refractivity contribution in [2.75, 3.05) is 0 Å². The minimum absolute atomic E-state index is 0.361. The fourth-order valence-corrected chi connectivity index (χ4v) is 4.31. The standard InChI is InChI=1S/C15H26Cl2/c16-15(17)13-11-9-7-5-3-1-2-4-6-8-10-12-14(13)15/h13-14H,1-12H2. The van der Waals surface area contributed by atoms with Crippen LogP contribution in [0.5, 0.6) is 0 Å². The maximum Gasteiger partial charge on any atom is 0.124 e. The van der Waals surface area contributed by atoms with E-state index in [-0.39, 0.29) is 4.33 Å². The Labute approximate surface area is 116 Å². The molecule has 0 aliphatic heterocycles. The molecule has 2 saturated carbocycles. The first kappa shape index (κ1) is 14.0. The third-order valence-electron chi connectivity index (χ3n) is 4.65. The Balaban J connectivity index is 1.74. The predicted molar refractivity (Wildman–Crippen MR) is 76.8 cm³/mol. The van der Waals surface area contributed by atoms with E-state index in [1.165, 1.54) is 77.0 Å². The first-order valence-corrected chi connectivity index (χ1v) is 8.36. The van der Waals surface area contributed by atoms with Crippen molar-refractivity contribution in [2.24, 2.45) is 11.8 Å². The van der Waals surface area contributed by atoms with Crippen LogP contribution in [0.2, 0.25) is 0 Å². The molecule has 0 spiro atoms. The molecule has 0 bridgehead atoms. The molecule has 2 atom stereocenters. The van der Waals surface area contributed by atoms with Gasteiger partial charge in [-0.25, -0.2) is 0 Å². The zero-order valence-corrected chi connectivity index (χ0v) is 12.4. The van der Waals surface area contributed by atoms with Crippen LogP contribution < -0.4 is 0 Å². The zero-order valence-electron chi connectivity index (χ0n) is 10.9. The van der Waals surface area contributed by atoms with Gasteiger partial charge in [-0.3, -0.25) is 0 Å². The van der Waals surface area contributed by atoms with Crippen molar-refractivity contribution in [1.29, 1.82) is 0 Å². The maximum atomic E-state index is 6.38. The van der Waals surface area contributed by atoms with Gasteiger partial charge in [-0.15, -0.1) is 23.2 Å². The van der Waals surface area contributed by atoms with E-state index in [2.05, 4.69) is 0 Å². The van der Waals surface area contributed by atoms with Crippen molar-refractivity contribution in [3.05, 3.63) is 0 Å². The molecule has 0 N–H and O–H groups in total. The highest BCUT2D eigenvalue weighted by molar-refractivity contribution is 6.51. The first-order valence-electron chi connectivity index (χ1n) is 7.61. The predicted octanol–water partition coefficient (Wildman–Crippen LogP) is 6.10. The van der Waals surface area contributed by atoms with Gasteiger partial charge in [0.25, 0.3) is 0 Å². The van der Waals surface area contributed by atoms with E-state index < -0.39 is 0 Å². The summed E-state index contributed by atoms with van der Waals surface area (Å²) in [4.78, 5) is 0. The van der Waals surface area contributed by atoms with Gasteiger partial charge in [0, 0.05) is 0 Å². The summed E-state index contributed by atoms with van der Waals surface area (Å²) in [6.45, 7) is 0. The van der Waals surface area contributed by atoms with E-state index in [1.807, 2.05) is 0 Å². The Hall–Kier alpha value is 0.580. The lowest BCUT2D eigenvalue weighted by Crippen LogP contribution is -1.91. The summed E-state index contributed by atoms with van der Waals surface area (Å²) in [7, 11) is 0. The monoisotopic (exact) mass is 276 g/mol. The van der Waals surface area contributed by atoms with Crippen LogP contribution in [0.3, 0.4) is 0 Å². The summed E-state index contributed by atoms with van der Waals surface area (Å²) in [6.07, 6.45) is 16.5. The molecule has 0 radical (unpaired) electrons. The average molecular weight is 277 g/mol. The van der Waals surface area contributed by atoms with Crippen molar-refractivity contribution < 1.29 is 0 Å². The largest absolute Gasteiger partial charge is 0.124 e. The summed E-state index contributed by atoms with van der Waals surface area (Å²) < 4.78 is -0.361. The molecule has 2 unspecified atom stereocenters. The highest BCUT2D eigenvalue weighted by atomic mass is 35.5. The van der Waals surface area contributed by atoms with Gasteiger partial charge in [-0.05, 0) is 24.7 Å². The van der Waals surface area contributed by atoms with Gasteiger partial charge in [-0.1, -0.05) is 64.2 Å². The quantitative estimate of drug-likeness (QED) is 0.469. The molecule has 0 aromatic carbocycles. The molecule has 0 saturated heterocycles. The minimum Gasteiger partial charge on any atom is -0.101 e. The van der Waals surface area contributed by atoms with Crippen LogP contribution in [-0.2, 0) is 0 Å². The third-order valence-corrected chi connectivity index (χ3v) is 5.77. The van der Waals surface area contributed by atoms with Crippen LogP contribution in [-0.4, -0.2) is 4.33 Å². The zero-order chi connectivity index (χ0) is 12.1. The lowest BCUT2D eigenvalue weighted by atomic mass is 10.0. The lowest BCUT2D eigenvalue weighted by Gasteiger charge is -2.04. The molecule has 0 heterocycles. The number of rotatable bonds is 0. The van der Waals surface area contributed by atoms with Crippen LogP contribution in [0.4, 0.5) is 0 Å². The van der Waals surface area contributed by atoms with Crippen LogP contribution in [0, 0.1) is 11.8 Å². The van der Waals surface area contributed by atoms with Crippen LogP contribution in [0.1, 0.15) is 77.0 Å². The van der Waals surface area contributed by atoms with Gasteiger partial charge < -0.3 is 0 Å². The molecule has 0 amide bonds. The average Bonchev–Trinajstić information content (AvgIpc) is 2.82. The number of halogens is 2. The van der Waals surface area contributed by atoms with Gasteiger partial charge in [0.1, 0.15) is 4.33 Å². The maximum absolute atomic E-state index is 6.38. The first-order chi connectivity index (χ1) is 8.23. The van der Waals surface area contributed by atoms with Crippen LogP contribution >= 0.6 is 23.2 Å². The van der Waals surface area contributed by atoms with Gasteiger partial charge >= 0.3 is 0 Å². The Morgan fingerprint density at radius 1 is 0.529 bits per heavy atom. The third kappa shape index (κ3) is 4.03. The molecule has 100 valence electrons. The highest BCUT2D eigenvalue weighted by Crippen LogP contribution is 2.63. The molecule has 17 heavy (non-hydrogen) atoms. The molecule has 2 heteroatoms. The molecule has 0 nitrogen and oxygen atoms in total. The number of fused-ring (bicyclic) bond motifs is 1. The topological polar surface area (TPSA) is 0 Å². The summed E-state index contributed by atoms with van der Waals surface area (Å²) in [5.41, 5.74) is 0. The second-order valence-corrected chi connectivity index (χ2v) is 7.44.